The first-order valence-corrected chi connectivity index (χ1v) is 10.6. The van der Waals surface area contributed by atoms with E-state index < -0.39 is 6.04 Å². The van der Waals surface area contributed by atoms with Crippen LogP contribution in [0, 0.1) is 5.41 Å². The number of rotatable bonds is 6. The lowest BCUT2D eigenvalue weighted by atomic mass is 9.91. The molecule has 0 fully saturated rings. The normalized spacial score (nSPS) is 16.3. The highest BCUT2D eigenvalue weighted by Gasteiger charge is 2.36. The fourth-order valence-corrected chi connectivity index (χ4v) is 4.33. The molecule has 3 rings (SSSR count). The van der Waals surface area contributed by atoms with Crippen LogP contribution in [0.5, 0.6) is 0 Å². The van der Waals surface area contributed by atoms with Gasteiger partial charge in [-0.15, -0.1) is 0 Å². The summed E-state index contributed by atoms with van der Waals surface area (Å²) in [5.74, 6) is -0.348. The Morgan fingerprint density at radius 3 is 2.40 bits per heavy atom. The summed E-state index contributed by atoms with van der Waals surface area (Å²) in [6.07, 6.45) is 0.492. The van der Waals surface area contributed by atoms with Gasteiger partial charge in [-0.3, -0.25) is 9.59 Å². The Labute approximate surface area is 184 Å². The predicted molar refractivity (Wildman–Crippen MR) is 121 cm³/mol. The third-order valence-corrected chi connectivity index (χ3v) is 5.73. The van der Waals surface area contributed by atoms with Gasteiger partial charge in [0.25, 0.3) is 5.91 Å². The van der Waals surface area contributed by atoms with E-state index in [0.29, 0.717) is 30.1 Å². The molecule has 2 aromatic carbocycles. The molecule has 1 aliphatic heterocycles. The van der Waals surface area contributed by atoms with Gasteiger partial charge in [0, 0.05) is 26.1 Å². The molecule has 0 bridgehead atoms. The van der Waals surface area contributed by atoms with Crippen molar-refractivity contribution in [2.45, 2.75) is 32.9 Å². The van der Waals surface area contributed by atoms with Gasteiger partial charge in [-0.05, 0) is 42.8 Å². The fourth-order valence-electron chi connectivity index (χ4n) is 4.12. The number of hydrogen-bond acceptors (Lipinski definition) is 3. The minimum atomic E-state index is -0.571. The Hall–Kier alpha value is -2.37. The summed E-state index contributed by atoms with van der Waals surface area (Å²) in [5.41, 5.74) is 2.51. The van der Waals surface area contributed by atoms with Crippen molar-refractivity contribution in [2.24, 2.45) is 5.41 Å². The van der Waals surface area contributed by atoms with Crippen molar-refractivity contribution in [3.8, 4) is 0 Å². The number of carbonyl (C=O) groups is 2. The highest BCUT2D eigenvalue weighted by Crippen LogP contribution is 2.27. The van der Waals surface area contributed by atoms with Crippen LogP contribution in [0.1, 0.15) is 35.3 Å². The smallest absolute Gasteiger partial charge is 0.256 e. The van der Waals surface area contributed by atoms with E-state index in [9.17, 15) is 9.59 Å². The molecule has 0 spiro atoms. The molecule has 30 heavy (non-hydrogen) atoms. The topological polar surface area (TPSA) is 52.7 Å². The van der Waals surface area contributed by atoms with Crippen LogP contribution in [0.25, 0.3) is 0 Å². The van der Waals surface area contributed by atoms with E-state index in [1.54, 1.807) is 29.2 Å². The van der Waals surface area contributed by atoms with Crippen molar-refractivity contribution in [1.82, 2.24) is 15.1 Å². The van der Waals surface area contributed by atoms with Crippen molar-refractivity contribution in [3.05, 3.63) is 70.2 Å². The van der Waals surface area contributed by atoms with Crippen molar-refractivity contribution >= 4 is 23.4 Å². The monoisotopic (exact) mass is 427 g/mol. The van der Waals surface area contributed by atoms with Crippen LogP contribution in [0.15, 0.2) is 48.5 Å². The summed E-state index contributed by atoms with van der Waals surface area (Å²) in [6, 6.07) is 14.4. The minimum Gasteiger partial charge on any atom is -0.354 e. The zero-order valence-electron chi connectivity index (χ0n) is 18.1. The van der Waals surface area contributed by atoms with Crippen LogP contribution < -0.4 is 5.32 Å². The lowest BCUT2D eigenvalue weighted by molar-refractivity contribution is -0.126. The number of hydrogen-bond donors (Lipinski definition) is 1. The van der Waals surface area contributed by atoms with E-state index in [-0.39, 0.29) is 17.2 Å². The third-order valence-electron chi connectivity index (χ3n) is 5.40. The fraction of sp³-hybridized carbons (Fsp3) is 0.417. The Morgan fingerprint density at radius 2 is 1.73 bits per heavy atom. The quantitative estimate of drug-likeness (QED) is 0.766. The van der Waals surface area contributed by atoms with Crippen molar-refractivity contribution in [1.29, 1.82) is 0 Å². The van der Waals surface area contributed by atoms with Gasteiger partial charge in [0.1, 0.15) is 6.04 Å². The van der Waals surface area contributed by atoms with E-state index in [2.05, 4.69) is 24.1 Å². The summed E-state index contributed by atoms with van der Waals surface area (Å²) in [7, 11) is 4.04. The SMILES string of the molecule is CN(C)CC(C)(C)CNC(=O)C1Cc2ccccc2CN1C(=O)c1ccccc1Cl. The highest BCUT2D eigenvalue weighted by molar-refractivity contribution is 6.33. The summed E-state index contributed by atoms with van der Waals surface area (Å²) in [6.45, 7) is 6.02. The van der Waals surface area contributed by atoms with Gasteiger partial charge in [0.15, 0.2) is 0 Å². The number of amides is 2. The molecule has 5 nitrogen and oxygen atoms in total. The molecule has 0 aromatic heterocycles. The number of benzene rings is 2. The molecule has 1 N–H and O–H groups in total. The van der Waals surface area contributed by atoms with Crippen LogP contribution in [0.4, 0.5) is 0 Å². The number of fused-ring (bicyclic) bond motifs is 1. The first-order valence-electron chi connectivity index (χ1n) is 10.2. The van der Waals surface area contributed by atoms with Gasteiger partial charge in [0.05, 0.1) is 10.6 Å². The lowest BCUT2D eigenvalue weighted by Gasteiger charge is -2.37. The Morgan fingerprint density at radius 1 is 1.10 bits per heavy atom. The molecule has 1 atom stereocenters. The molecular weight excluding hydrogens is 398 g/mol. The molecule has 160 valence electrons. The van der Waals surface area contributed by atoms with Crippen molar-refractivity contribution in [2.75, 3.05) is 27.2 Å². The van der Waals surface area contributed by atoms with Gasteiger partial charge in [0.2, 0.25) is 5.91 Å². The third kappa shape index (κ3) is 5.21. The molecule has 1 heterocycles. The number of halogens is 1. The summed E-state index contributed by atoms with van der Waals surface area (Å²) in [5, 5.41) is 3.48. The largest absolute Gasteiger partial charge is 0.354 e. The van der Waals surface area contributed by atoms with Crippen LogP contribution in [0.2, 0.25) is 5.02 Å². The van der Waals surface area contributed by atoms with E-state index in [1.807, 2.05) is 38.4 Å². The first-order chi connectivity index (χ1) is 14.2. The maximum atomic E-state index is 13.3. The summed E-state index contributed by atoms with van der Waals surface area (Å²) < 4.78 is 0. The molecule has 0 radical (unpaired) electrons. The van der Waals surface area contributed by atoms with Gasteiger partial charge < -0.3 is 15.1 Å². The van der Waals surface area contributed by atoms with E-state index in [4.69, 9.17) is 11.6 Å². The van der Waals surface area contributed by atoms with Crippen molar-refractivity contribution in [3.63, 3.8) is 0 Å². The second-order valence-corrected chi connectivity index (χ2v) is 9.43. The summed E-state index contributed by atoms with van der Waals surface area (Å²) >= 11 is 6.28. The second kappa shape index (κ2) is 9.19. The molecule has 2 aromatic rings. The molecule has 1 aliphatic rings. The Balaban J connectivity index is 1.84. The molecule has 2 amide bonds. The zero-order valence-corrected chi connectivity index (χ0v) is 18.9. The maximum Gasteiger partial charge on any atom is 0.256 e. The van der Waals surface area contributed by atoms with Crippen LogP contribution >= 0.6 is 11.6 Å². The Kier molecular flexibility index (Phi) is 6.84. The zero-order chi connectivity index (χ0) is 21.9. The highest BCUT2D eigenvalue weighted by atomic mass is 35.5. The van der Waals surface area contributed by atoms with Gasteiger partial charge in [-0.25, -0.2) is 0 Å². The average molecular weight is 428 g/mol. The average Bonchev–Trinajstić information content (AvgIpc) is 2.70. The first kappa shape index (κ1) is 22.3. The molecule has 0 saturated carbocycles. The summed E-state index contributed by atoms with van der Waals surface area (Å²) in [4.78, 5) is 30.3. The number of nitrogens with zero attached hydrogens (tertiary/aromatic N) is 2. The van der Waals surface area contributed by atoms with Gasteiger partial charge >= 0.3 is 0 Å². The van der Waals surface area contributed by atoms with Crippen LogP contribution in [-0.2, 0) is 17.8 Å². The molecule has 6 heteroatoms. The molecule has 0 aliphatic carbocycles. The number of nitrogens with one attached hydrogen (secondary N) is 1. The minimum absolute atomic E-state index is 0.0800. The van der Waals surface area contributed by atoms with Crippen LogP contribution in [-0.4, -0.2) is 54.8 Å². The van der Waals surface area contributed by atoms with Gasteiger partial charge in [-0.1, -0.05) is 61.8 Å². The standard InChI is InChI=1S/C24H30ClN3O2/c1-24(2,16-27(3)4)15-26-22(29)21-13-17-9-5-6-10-18(17)14-28(21)23(30)19-11-7-8-12-20(19)25/h5-12,21H,13-16H2,1-4H3,(H,26,29). The second-order valence-electron chi connectivity index (χ2n) is 9.02. The molecule has 0 saturated heterocycles. The van der Waals surface area contributed by atoms with Gasteiger partial charge in [-0.2, -0.15) is 0 Å². The maximum absolute atomic E-state index is 13.3. The van der Waals surface area contributed by atoms with E-state index >= 15 is 0 Å². The lowest BCUT2D eigenvalue weighted by Crippen LogP contribution is -2.54. The van der Waals surface area contributed by atoms with E-state index in [0.717, 1.165) is 17.7 Å². The number of carbonyl (C=O) groups excluding carboxylic acids is 2. The molecular formula is C24H30ClN3O2. The predicted octanol–water partition coefficient (Wildman–Crippen LogP) is 3.61. The molecule has 1 unspecified atom stereocenters. The van der Waals surface area contributed by atoms with Crippen molar-refractivity contribution < 1.29 is 9.59 Å². The van der Waals surface area contributed by atoms with Crippen LogP contribution in [0.3, 0.4) is 0 Å². The Bertz CT molecular complexity index is 926. The van der Waals surface area contributed by atoms with E-state index in [1.165, 1.54) is 0 Å².